The Hall–Kier alpha value is -3.47. The van der Waals surface area contributed by atoms with Crippen LogP contribution in [0.2, 0.25) is 0 Å². The van der Waals surface area contributed by atoms with E-state index < -0.39 is 0 Å². The fraction of sp³-hybridized carbons (Fsp3) is 0.231. The zero-order chi connectivity index (χ0) is 24.9. The van der Waals surface area contributed by atoms with Crippen LogP contribution in [0.25, 0.3) is 10.2 Å². The lowest BCUT2D eigenvalue weighted by atomic mass is 10.2. The van der Waals surface area contributed by atoms with Crippen LogP contribution in [0.1, 0.15) is 10.4 Å². The van der Waals surface area contributed by atoms with Crippen molar-refractivity contribution in [3.05, 3.63) is 72.6 Å². The quantitative estimate of drug-likeness (QED) is 0.350. The summed E-state index contributed by atoms with van der Waals surface area (Å²) in [6.45, 7) is 4.14. The molecule has 1 fully saturated rings. The molecule has 184 valence electrons. The Bertz CT molecular complexity index is 1350. The number of aromatic nitrogens is 2. The number of carbonyl (C=O) groups is 2. The van der Waals surface area contributed by atoms with Gasteiger partial charge in [0.2, 0.25) is 5.91 Å². The molecule has 0 aliphatic carbocycles. The van der Waals surface area contributed by atoms with Crippen LogP contribution in [-0.4, -0.2) is 65.7 Å². The third-order valence-electron chi connectivity index (χ3n) is 5.92. The van der Waals surface area contributed by atoms with Crippen LogP contribution in [0.15, 0.2) is 71.3 Å². The molecule has 2 aromatic heterocycles. The fourth-order valence-electron chi connectivity index (χ4n) is 3.89. The molecule has 0 spiro atoms. The van der Waals surface area contributed by atoms with Gasteiger partial charge < -0.3 is 20.4 Å². The van der Waals surface area contributed by atoms with E-state index in [-0.39, 0.29) is 17.6 Å². The van der Waals surface area contributed by atoms with Crippen molar-refractivity contribution < 1.29 is 9.59 Å². The first-order valence-corrected chi connectivity index (χ1v) is 13.4. The minimum atomic E-state index is -0.191. The first-order chi connectivity index (χ1) is 17.5. The molecule has 1 saturated heterocycles. The normalized spacial score (nSPS) is 14.1. The van der Waals surface area contributed by atoms with Crippen molar-refractivity contribution in [3.8, 4) is 0 Å². The van der Waals surface area contributed by atoms with Gasteiger partial charge in [0, 0.05) is 61.2 Å². The van der Waals surface area contributed by atoms with E-state index in [9.17, 15) is 9.59 Å². The molecule has 2 aromatic carbocycles. The number of benzene rings is 2. The van der Waals surface area contributed by atoms with E-state index in [1.807, 2.05) is 30.3 Å². The van der Waals surface area contributed by atoms with Crippen LogP contribution < -0.4 is 15.5 Å². The number of amides is 2. The van der Waals surface area contributed by atoms with E-state index >= 15 is 0 Å². The maximum Gasteiger partial charge on any atom is 0.255 e. The second-order valence-corrected chi connectivity index (χ2v) is 10.8. The number of rotatable bonds is 7. The monoisotopic (exact) mass is 518 g/mol. The third-order valence-corrected chi connectivity index (χ3v) is 8.08. The van der Waals surface area contributed by atoms with Crippen LogP contribution in [0.4, 0.5) is 17.1 Å². The number of hydrogen-bond donors (Lipinski definition) is 2. The van der Waals surface area contributed by atoms with Gasteiger partial charge in [-0.25, -0.2) is 4.98 Å². The minimum absolute atomic E-state index is 0.0723. The Morgan fingerprint density at radius 2 is 1.67 bits per heavy atom. The zero-order valence-corrected chi connectivity index (χ0v) is 21.4. The molecule has 10 heteroatoms. The topological polar surface area (TPSA) is 90.5 Å². The molecule has 5 rings (SSSR count). The van der Waals surface area contributed by atoms with E-state index in [1.165, 1.54) is 28.8 Å². The van der Waals surface area contributed by atoms with Crippen LogP contribution in [0.5, 0.6) is 0 Å². The Morgan fingerprint density at radius 1 is 0.944 bits per heavy atom. The fourth-order valence-corrected chi connectivity index (χ4v) is 5.80. The number of pyridine rings is 1. The predicted octanol–water partition coefficient (Wildman–Crippen LogP) is 4.43. The summed E-state index contributed by atoms with van der Waals surface area (Å²) in [5, 5.41) is 5.87. The van der Waals surface area contributed by atoms with E-state index in [0.717, 1.165) is 46.4 Å². The Balaban J connectivity index is 1.14. The number of piperazine rings is 1. The summed E-state index contributed by atoms with van der Waals surface area (Å²) in [5.74, 6) is 0.00656. The SMILES string of the molecule is CN1CCN(c2ccc(NC(=O)CSc3nc4ccc(NC(=O)c5ccncc5)cc4s3)cc2)CC1. The lowest BCUT2D eigenvalue weighted by Crippen LogP contribution is -2.44. The molecule has 2 N–H and O–H groups in total. The van der Waals surface area contributed by atoms with Crippen molar-refractivity contribution in [1.29, 1.82) is 0 Å². The number of carbonyl (C=O) groups excluding carboxylic acids is 2. The summed E-state index contributed by atoms with van der Waals surface area (Å²) in [5.41, 5.74) is 4.05. The second kappa shape index (κ2) is 11.1. The maximum absolute atomic E-state index is 12.5. The van der Waals surface area contributed by atoms with Crippen LogP contribution in [0.3, 0.4) is 0 Å². The average Bonchev–Trinajstić information content (AvgIpc) is 3.31. The Morgan fingerprint density at radius 3 is 2.42 bits per heavy atom. The van der Waals surface area contributed by atoms with E-state index in [2.05, 4.69) is 49.6 Å². The van der Waals surface area contributed by atoms with Crippen molar-refractivity contribution in [3.63, 3.8) is 0 Å². The highest BCUT2D eigenvalue weighted by atomic mass is 32.2. The molecule has 2 amide bonds. The standard InChI is InChI=1S/C26H26N6O2S2/c1-31-12-14-32(15-13-31)21-5-2-19(3-6-21)28-24(33)17-35-26-30-22-7-4-20(16-23(22)36-26)29-25(34)18-8-10-27-11-9-18/h2-11,16H,12-15,17H2,1H3,(H,28,33)(H,29,34). The van der Waals surface area contributed by atoms with Crippen molar-refractivity contribution in [2.24, 2.45) is 0 Å². The first kappa shape index (κ1) is 24.2. The number of nitrogens with zero attached hydrogens (tertiary/aromatic N) is 4. The molecule has 0 unspecified atom stereocenters. The smallest absolute Gasteiger partial charge is 0.255 e. The Labute approximate surface area is 217 Å². The van der Waals surface area contributed by atoms with Crippen molar-refractivity contribution in [2.75, 3.05) is 54.5 Å². The molecule has 8 nitrogen and oxygen atoms in total. The Kier molecular flexibility index (Phi) is 7.45. The molecule has 1 aliphatic heterocycles. The summed E-state index contributed by atoms with van der Waals surface area (Å²) in [7, 11) is 2.14. The second-order valence-electron chi connectivity index (χ2n) is 8.53. The molecule has 1 aliphatic rings. The summed E-state index contributed by atoms with van der Waals surface area (Å²) in [4.78, 5) is 38.1. The molecule has 36 heavy (non-hydrogen) atoms. The number of fused-ring (bicyclic) bond motifs is 1. The average molecular weight is 519 g/mol. The van der Waals surface area contributed by atoms with Gasteiger partial charge >= 0.3 is 0 Å². The van der Waals surface area contributed by atoms with E-state index in [1.54, 1.807) is 24.5 Å². The van der Waals surface area contributed by atoms with E-state index in [4.69, 9.17) is 0 Å². The van der Waals surface area contributed by atoms with Gasteiger partial charge in [0.15, 0.2) is 4.34 Å². The van der Waals surface area contributed by atoms with Gasteiger partial charge in [-0.15, -0.1) is 11.3 Å². The van der Waals surface area contributed by atoms with Crippen LogP contribution in [-0.2, 0) is 4.79 Å². The largest absolute Gasteiger partial charge is 0.369 e. The number of anilines is 3. The summed E-state index contributed by atoms with van der Waals surface area (Å²) in [6.07, 6.45) is 3.18. The highest BCUT2D eigenvalue weighted by molar-refractivity contribution is 8.01. The molecule has 3 heterocycles. The third kappa shape index (κ3) is 6.01. The van der Waals surface area contributed by atoms with Crippen LogP contribution >= 0.6 is 23.1 Å². The number of nitrogens with one attached hydrogen (secondary N) is 2. The first-order valence-electron chi connectivity index (χ1n) is 11.6. The molecule has 0 saturated carbocycles. The lowest BCUT2D eigenvalue weighted by molar-refractivity contribution is -0.113. The van der Waals surface area contributed by atoms with Gasteiger partial charge in [0.1, 0.15) is 0 Å². The summed E-state index contributed by atoms with van der Waals surface area (Å²) in [6, 6.07) is 17.0. The van der Waals surface area contributed by atoms with Gasteiger partial charge in [-0.3, -0.25) is 14.6 Å². The van der Waals surface area contributed by atoms with Crippen molar-refractivity contribution >= 4 is 62.2 Å². The predicted molar refractivity (Wildman–Crippen MR) is 147 cm³/mol. The number of thiazole rings is 1. The molecule has 0 bridgehead atoms. The van der Waals surface area contributed by atoms with Gasteiger partial charge in [0.05, 0.1) is 16.0 Å². The lowest BCUT2D eigenvalue weighted by Gasteiger charge is -2.34. The molecule has 4 aromatic rings. The van der Waals surface area contributed by atoms with Gasteiger partial charge in [-0.2, -0.15) is 0 Å². The zero-order valence-electron chi connectivity index (χ0n) is 19.8. The highest BCUT2D eigenvalue weighted by Crippen LogP contribution is 2.31. The molecular weight excluding hydrogens is 492 g/mol. The highest BCUT2D eigenvalue weighted by Gasteiger charge is 2.15. The van der Waals surface area contributed by atoms with Gasteiger partial charge in [0.25, 0.3) is 5.91 Å². The number of hydrogen-bond acceptors (Lipinski definition) is 8. The minimum Gasteiger partial charge on any atom is -0.369 e. The van der Waals surface area contributed by atoms with Gasteiger partial charge in [-0.1, -0.05) is 11.8 Å². The van der Waals surface area contributed by atoms with E-state index in [0.29, 0.717) is 11.3 Å². The van der Waals surface area contributed by atoms with Crippen molar-refractivity contribution in [1.82, 2.24) is 14.9 Å². The maximum atomic E-state index is 12.5. The molecular formula is C26H26N6O2S2. The van der Waals surface area contributed by atoms with Crippen LogP contribution in [0, 0.1) is 0 Å². The molecule has 0 atom stereocenters. The number of likely N-dealkylation sites (N-methyl/N-ethyl adjacent to an activating group) is 1. The summed E-state index contributed by atoms with van der Waals surface area (Å²) >= 11 is 2.91. The van der Waals surface area contributed by atoms with Crippen molar-refractivity contribution in [2.45, 2.75) is 4.34 Å². The van der Waals surface area contributed by atoms with Gasteiger partial charge in [-0.05, 0) is 61.6 Å². The summed E-state index contributed by atoms with van der Waals surface area (Å²) < 4.78 is 1.76. The number of thioether (sulfide) groups is 1. The molecule has 0 radical (unpaired) electrons.